The summed E-state index contributed by atoms with van der Waals surface area (Å²) in [6.07, 6.45) is 0.991. The second kappa shape index (κ2) is 6.24. The molecule has 0 bridgehead atoms. The second-order valence-electron chi connectivity index (χ2n) is 6.20. The van der Waals surface area contributed by atoms with E-state index in [1.165, 1.54) is 5.56 Å². The summed E-state index contributed by atoms with van der Waals surface area (Å²) in [5, 5.41) is 9.22. The van der Waals surface area contributed by atoms with Crippen molar-refractivity contribution in [3.63, 3.8) is 0 Å². The number of aliphatic hydroxyl groups is 1. The maximum absolute atomic E-state index is 9.22. The van der Waals surface area contributed by atoms with Crippen LogP contribution in [0.3, 0.4) is 0 Å². The number of fused-ring (bicyclic) bond motifs is 1. The van der Waals surface area contributed by atoms with E-state index < -0.39 is 0 Å². The van der Waals surface area contributed by atoms with Crippen LogP contribution in [0.2, 0.25) is 0 Å². The Hall–Kier alpha value is -1.26. The number of benzene rings is 1. The van der Waals surface area contributed by atoms with E-state index in [0.29, 0.717) is 19.1 Å². The van der Waals surface area contributed by atoms with Crippen LogP contribution in [0.15, 0.2) is 18.2 Å². The van der Waals surface area contributed by atoms with Crippen molar-refractivity contribution < 1.29 is 14.6 Å². The summed E-state index contributed by atoms with van der Waals surface area (Å²) in [5.41, 5.74) is 1.27. The van der Waals surface area contributed by atoms with E-state index in [1.54, 1.807) is 7.11 Å². The summed E-state index contributed by atoms with van der Waals surface area (Å²) < 4.78 is 11.1. The van der Waals surface area contributed by atoms with Crippen molar-refractivity contribution in [3.05, 3.63) is 23.8 Å². The van der Waals surface area contributed by atoms with Gasteiger partial charge in [0.25, 0.3) is 0 Å². The molecule has 0 radical (unpaired) electrons. The first kappa shape index (κ1) is 14.7. The third kappa shape index (κ3) is 3.01. The van der Waals surface area contributed by atoms with Gasteiger partial charge in [0.05, 0.1) is 13.7 Å². The summed E-state index contributed by atoms with van der Waals surface area (Å²) in [7, 11) is 1.68. The molecule has 4 nitrogen and oxygen atoms in total. The Bertz CT molecular complexity index is 479. The van der Waals surface area contributed by atoms with Crippen LogP contribution < -0.4 is 9.47 Å². The van der Waals surface area contributed by atoms with Gasteiger partial charge in [0.15, 0.2) is 11.5 Å². The molecule has 2 fully saturated rings. The lowest BCUT2D eigenvalue weighted by atomic mass is 10.1. The van der Waals surface area contributed by atoms with Crippen LogP contribution in [0, 0.1) is 17.8 Å². The van der Waals surface area contributed by atoms with Crippen molar-refractivity contribution in [3.8, 4) is 11.5 Å². The Morgan fingerprint density at radius 2 is 2.00 bits per heavy atom. The molecule has 1 aliphatic heterocycles. The summed E-state index contributed by atoms with van der Waals surface area (Å²) in [4.78, 5) is 2.48. The molecular formula is C17H25NO3. The van der Waals surface area contributed by atoms with Crippen molar-refractivity contribution in [2.45, 2.75) is 19.9 Å². The molecule has 1 unspecified atom stereocenters. The van der Waals surface area contributed by atoms with Gasteiger partial charge in [-0.2, -0.15) is 0 Å². The van der Waals surface area contributed by atoms with Crippen LogP contribution in [0.5, 0.6) is 11.5 Å². The van der Waals surface area contributed by atoms with Crippen molar-refractivity contribution in [2.24, 2.45) is 17.8 Å². The molecule has 3 rings (SSSR count). The van der Waals surface area contributed by atoms with Crippen LogP contribution in [0.1, 0.15) is 18.9 Å². The fourth-order valence-electron chi connectivity index (χ4n) is 3.54. The lowest BCUT2D eigenvalue weighted by molar-refractivity contribution is 0.217. The highest BCUT2D eigenvalue weighted by molar-refractivity contribution is 5.43. The van der Waals surface area contributed by atoms with Gasteiger partial charge in [0.1, 0.15) is 0 Å². The molecule has 2 aliphatic rings. The molecule has 3 atom stereocenters. The lowest BCUT2D eigenvalue weighted by Crippen LogP contribution is -2.24. The SMILES string of the molecule is CCCOc1cc(CN2C[C@@H]3C(CO)[C@@H]3C2)ccc1OC. The minimum absolute atomic E-state index is 0.362. The molecule has 116 valence electrons. The number of methoxy groups -OCH3 is 1. The fourth-order valence-corrected chi connectivity index (χ4v) is 3.54. The monoisotopic (exact) mass is 291 g/mol. The number of ether oxygens (including phenoxy) is 2. The zero-order valence-corrected chi connectivity index (χ0v) is 12.9. The molecule has 1 N–H and O–H groups in total. The number of rotatable bonds is 7. The van der Waals surface area contributed by atoms with E-state index in [-0.39, 0.29) is 0 Å². The predicted octanol–water partition coefficient (Wildman–Crippen LogP) is 2.15. The average molecular weight is 291 g/mol. The van der Waals surface area contributed by atoms with Crippen LogP contribution in [0.25, 0.3) is 0 Å². The smallest absolute Gasteiger partial charge is 0.161 e. The Kier molecular flexibility index (Phi) is 4.36. The highest BCUT2D eigenvalue weighted by Crippen LogP contribution is 2.51. The third-order valence-corrected chi connectivity index (χ3v) is 4.75. The normalized spacial score (nSPS) is 27.5. The fraction of sp³-hybridized carbons (Fsp3) is 0.647. The molecule has 0 amide bonds. The highest BCUT2D eigenvalue weighted by atomic mass is 16.5. The van der Waals surface area contributed by atoms with Crippen molar-refractivity contribution >= 4 is 0 Å². The number of piperidine rings is 1. The molecule has 1 aliphatic carbocycles. The second-order valence-corrected chi connectivity index (χ2v) is 6.20. The van der Waals surface area contributed by atoms with Gasteiger partial charge in [-0.25, -0.2) is 0 Å². The number of likely N-dealkylation sites (tertiary alicyclic amines) is 1. The van der Waals surface area contributed by atoms with Gasteiger partial charge in [-0.15, -0.1) is 0 Å². The lowest BCUT2D eigenvalue weighted by Gasteiger charge is -2.20. The number of hydrogen-bond donors (Lipinski definition) is 1. The Balaban J connectivity index is 1.61. The number of aliphatic hydroxyl groups excluding tert-OH is 1. The first-order chi connectivity index (χ1) is 10.3. The summed E-state index contributed by atoms with van der Waals surface area (Å²) in [5.74, 6) is 3.67. The predicted molar refractivity (Wildman–Crippen MR) is 81.6 cm³/mol. The molecule has 1 saturated carbocycles. The van der Waals surface area contributed by atoms with Gasteiger partial charge >= 0.3 is 0 Å². The molecule has 1 saturated heterocycles. The van der Waals surface area contributed by atoms with Gasteiger partial charge in [0, 0.05) is 26.2 Å². The first-order valence-corrected chi connectivity index (χ1v) is 7.89. The van der Waals surface area contributed by atoms with Crippen molar-refractivity contribution in [1.29, 1.82) is 0 Å². The van der Waals surface area contributed by atoms with E-state index in [4.69, 9.17) is 9.47 Å². The van der Waals surface area contributed by atoms with Crippen LogP contribution in [-0.4, -0.2) is 43.4 Å². The summed E-state index contributed by atoms with van der Waals surface area (Å²) >= 11 is 0. The Labute approximate surface area is 126 Å². The molecule has 1 heterocycles. The quantitative estimate of drug-likeness (QED) is 0.836. The zero-order chi connectivity index (χ0) is 14.8. The Morgan fingerprint density at radius 3 is 2.62 bits per heavy atom. The molecule has 0 aromatic heterocycles. The van der Waals surface area contributed by atoms with Crippen LogP contribution >= 0.6 is 0 Å². The molecular weight excluding hydrogens is 266 g/mol. The molecule has 4 heteroatoms. The van der Waals surface area contributed by atoms with E-state index in [1.807, 2.05) is 6.07 Å². The van der Waals surface area contributed by atoms with Crippen molar-refractivity contribution in [1.82, 2.24) is 4.90 Å². The highest BCUT2D eigenvalue weighted by Gasteiger charge is 2.54. The zero-order valence-electron chi connectivity index (χ0n) is 12.9. The minimum atomic E-state index is 0.362. The first-order valence-electron chi connectivity index (χ1n) is 7.89. The van der Waals surface area contributed by atoms with E-state index in [9.17, 15) is 5.11 Å². The molecule has 1 aromatic carbocycles. The number of nitrogens with zero attached hydrogens (tertiary/aromatic N) is 1. The van der Waals surface area contributed by atoms with Gasteiger partial charge in [0.2, 0.25) is 0 Å². The van der Waals surface area contributed by atoms with E-state index >= 15 is 0 Å². The number of hydrogen-bond acceptors (Lipinski definition) is 4. The van der Waals surface area contributed by atoms with E-state index in [2.05, 4.69) is 24.0 Å². The van der Waals surface area contributed by atoms with E-state index in [0.717, 1.165) is 49.4 Å². The van der Waals surface area contributed by atoms with Crippen LogP contribution in [-0.2, 0) is 6.54 Å². The van der Waals surface area contributed by atoms with Gasteiger partial charge in [-0.1, -0.05) is 13.0 Å². The van der Waals surface area contributed by atoms with Gasteiger partial charge in [-0.05, 0) is 41.9 Å². The topological polar surface area (TPSA) is 41.9 Å². The molecule has 21 heavy (non-hydrogen) atoms. The average Bonchev–Trinajstić information content (AvgIpc) is 2.99. The van der Waals surface area contributed by atoms with Gasteiger partial charge in [-0.3, -0.25) is 4.90 Å². The Morgan fingerprint density at radius 1 is 1.24 bits per heavy atom. The largest absolute Gasteiger partial charge is 0.493 e. The van der Waals surface area contributed by atoms with Crippen molar-refractivity contribution in [2.75, 3.05) is 33.4 Å². The molecule has 0 spiro atoms. The summed E-state index contributed by atoms with van der Waals surface area (Å²) in [6.45, 7) is 6.37. The van der Waals surface area contributed by atoms with Crippen LogP contribution in [0.4, 0.5) is 0 Å². The third-order valence-electron chi connectivity index (χ3n) is 4.75. The standard InChI is InChI=1S/C17H25NO3/c1-3-6-21-17-7-12(4-5-16(17)20-2)8-18-9-13-14(10-18)15(13)11-19/h4-5,7,13-15,19H,3,6,8-11H2,1-2H3/t13-,14+,15?. The maximum atomic E-state index is 9.22. The van der Waals surface area contributed by atoms with Gasteiger partial charge < -0.3 is 14.6 Å². The minimum Gasteiger partial charge on any atom is -0.493 e. The molecule has 1 aromatic rings. The maximum Gasteiger partial charge on any atom is 0.161 e. The summed E-state index contributed by atoms with van der Waals surface area (Å²) in [6, 6.07) is 6.21.